The Balaban J connectivity index is 1.91. The molecule has 7 nitrogen and oxygen atoms in total. The van der Waals surface area contributed by atoms with E-state index in [1.807, 2.05) is 25.6 Å². The number of hydrogen-bond donors (Lipinski definition) is 3. The third kappa shape index (κ3) is 2.26. The van der Waals surface area contributed by atoms with E-state index < -0.39 is 5.76 Å². The number of nitrogens with zero attached hydrogens (tertiary/aromatic N) is 2. The lowest BCUT2D eigenvalue weighted by Gasteiger charge is -2.09. The van der Waals surface area contributed by atoms with Crippen LogP contribution in [-0.4, -0.2) is 14.8 Å². The molecule has 3 aromatic rings. The number of aromatic nitrogens is 3. The molecule has 0 aliphatic carbocycles. The van der Waals surface area contributed by atoms with Gasteiger partial charge in [-0.3, -0.25) is 9.67 Å². The molecule has 0 amide bonds. The smallest absolute Gasteiger partial charge is 0.408 e. The molecule has 2 heterocycles. The Kier molecular flexibility index (Phi) is 2.97. The molecule has 4 N–H and O–H groups in total. The number of nitrogens with two attached hydrogens (primary N) is 1. The molecule has 110 valence electrons. The van der Waals surface area contributed by atoms with Crippen molar-refractivity contribution in [3.05, 3.63) is 39.6 Å². The summed E-state index contributed by atoms with van der Waals surface area (Å²) in [6, 6.07) is 3.41. The number of aryl methyl sites for hydroxylation is 2. The summed E-state index contributed by atoms with van der Waals surface area (Å²) in [5.74, 6) is -0.486. The number of aromatic amines is 1. The fraction of sp³-hybridized carbons (Fsp3) is 0.286. The molecule has 0 unspecified atom stereocenters. The highest BCUT2D eigenvalue weighted by atomic mass is 16.4. The van der Waals surface area contributed by atoms with Crippen LogP contribution in [0.2, 0.25) is 0 Å². The predicted molar refractivity (Wildman–Crippen MR) is 81.3 cm³/mol. The minimum atomic E-state index is -0.486. The van der Waals surface area contributed by atoms with Gasteiger partial charge in [0.25, 0.3) is 0 Å². The second-order valence-corrected chi connectivity index (χ2v) is 5.08. The zero-order chi connectivity index (χ0) is 15.1. The predicted octanol–water partition coefficient (Wildman–Crippen LogP) is 1.67. The van der Waals surface area contributed by atoms with Crippen molar-refractivity contribution in [3.63, 3.8) is 0 Å². The largest absolute Gasteiger partial charge is 0.417 e. The van der Waals surface area contributed by atoms with Crippen LogP contribution in [0.25, 0.3) is 11.1 Å². The SMILES string of the molecule is Cc1nn(C)c(C)c1CNc1cc2[nH]c(=O)oc2cc1N. The minimum Gasteiger partial charge on any atom is -0.408 e. The third-order valence-electron chi connectivity index (χ3n) is 3.71. The normalized spacial score (nSPS) is 11.2. The highest BCUT2D eigenvalue weighted by molar-refractivity contribution is 5.85. The second kappa shape index (κ2) is 4.69. The van der Waals surface area contributed by atoms with Crippen LogP contribution in [0.4, 0.5) is 11.4 Å². The van der Waals surface area contributed by atoms with Crippen LogP contribution >= 0.6 is 0 Å². The van der Waals surface area contributed by atoms with Gasteiger partial charge < -0.3 is 15.5 Å². The number of nitrogens with one attached hydrogen (secondary N) is 2. The van der Waals surface area contributed by atoms with Gasteiger partial charge in [-0.2, -0.15) is 5.10 Å². The van der Waals surface area contributed by atoms with E-state index in [4.69, 9.17) is 10.2 Å². The zero-order valence-corrected chi connectivity index (χ0v) is 12.2. The molecular formula is C14H17N5O2. The van der Waals surface area contributed by atoms with Gasteiger partial charge in [0.2, 0.25) is 0 Å². The number of rotatable bonds is 3. The monoisotopic (exact) mass is 287 g/mol. The van der Waals surface area contributed by atoms with Crippen LogP contribution in [0.15, 0.2) is 21.3 Å². The lowest BCUT2D eigenvalue weighted by atomic mass is 10.2. The maximum Gasteiger partial charge on any atom is 0.417 e. The van der Waals surface area contributed by atoms with Gasteiger partial charge in [-0.15, -0.1) is 0 Å². The Hall–Kier alpha value is -2.70. The third-order valence-corrected chi connectivity index (χ3v) is 3.71. The van der Waals surface area contributed by atoms with Gasteiger partial charge in [-0.05, 0) is 19.9 Å². The van der Waals surface area contributed by atoms with Gasteiger partial charge in [0.1, 0.15) is 0 Å². The molecular weight excluding hydrogens is 270 g/mol. The summed E-state index contributed by atoms with van der Waals surface area (Å²) in [4.78, 5) is 13.8. The van der Waals surface area contributed by atoms with E-state index in [1.165, 1.54) is 0 Å². The summed E-state index contributed by atoms with van der Waals surface area (Å²) in [5.41, 5.74) is 11.6. The Bertz CT molecular complexity index is 871. The molecule has 0 bridgehead atoms. The second-order valence-electron chi connectivity index (χ2n) is 5.08. The number of oxazole rings is 1. The number of anilines is 2. The molecule has 0 fully saturated rings. The summed E-state index contributed by atoms with van der Waals surface area (Å²) in [5, 5.41) is 7.67. The van der Waals surface area contributed by atoms with Crippen molar-refractivity contribution in [1.29, 1.82) is 0 Å². The van der Waals surface area contributed by atoms with E-state index in [0.29, 0.717) is 23.3 Å². The number of nitrogen functional groups attached to an aromatic ring is 1. The molecule has 21 heavy (non-hydrogen) atoms. The first kappa shape index (κ1) is 13.3. The molecule has 0 aliphatic heterocycles. The van der Waals surface area contributed by atoms with E-state index >= 15 is 0 Å². The number of benzene rings is 1. The van der Waals surface area contributed by atoms with Gasteiger partial charge in [-0.25, -0.2) is 4.79 Å². The molecule has 0 spiro atoms. The average Bonchev–Trinajstić information content (AvgIpc) is 2.87. The van der Waals surface area contributed by atoms with E-state index in [0.717, 1.165) is 22.6 Å². The maximum absolute atomic E-state index is 11.2. The molecule has 2 aromatic heterocycles. The summed E-state index contributed by atoms with van der Waals surface area (Å²) < 4.78 is 6.83. The van der Waals surface area contributed by atoms with Crippen molar-refractivity contribution >= 4 is 22.5 Å². The molecule has 7 heteroatoms. The zero-order valence-electron chi connectivity index (χ0n) is 12.2. The van der Waals surface area contributed by atoms with Crippen LogP contribution in [0.5, 0.6) is 0 Å². The molecule has 1 aromatic carbocycles. The first-order valence-corrected chi connectivity index (χ1v) is 6.61. The van der Waals surface area contributed by atoms with E-state index in [9.17, 15) is 4.79 Å². The van der Waals surface area contributed by atoms with Crippen molar-refractivity contribution in [3.8, 4) is 0 Å². The highest BCUT2D eigenvalue weighted by Gasteiger charge is 2.11. The van der Waals surface area contributed by atoms with E-state index in [1.54, 1.807) is 12.1 Å². The van der Waals surface area contributed by atoms with Crippen molar-refractivity contribution in [1.82, 2.24) is 14.8 Å². The fourth-order valence-electron chi connectivity index (χ4n) is 2.42. The van der Waals surface area contributed by atoms with E-state index in [-0.39, 0.29) is 0 Å². The lowest BCUT2D eigenvalue weighted by molar-refractivity contribution is 0.555. The van der Waals surface area contributed by atoms with Crippen LogP contribution in [0, 0.1) is 13.8 Å². The number of fused-ring (bicyclic) bond motifs is 1. The van der Waals surface area contributed by atoms with Crippen molar-refractivity contribution < 1.29 is 4.42 Å². The standard InChI is InChI=1S/C14H17N5O2/c1-7-9(8(2)19(3)18-7)6-16-11-5-12-13(4-10(11)15)21-14(20)17-12/h4-5,16H,6,15H2,1-3H3,(H,17,20). The molecule has 0 aliphatic rings. The summed E-state index contributed by atoms with van der Waals surface area (Å²) in [6.45, 7) is 4.62. The van der Waals surface area contributed by atoms with Crippen LogP contribution in [-0.2, 0) is 13.6 Å². The molecule has 3 rings (SSSR count). The van der Waals surface area contributed by atoms with Crippen LogP contribution < -0.4 is 16.8 Å². The molecule has 0 atom stereocenters. The van der Waals surface area contributed by atoms with Gasteiger partial charge in [0, 0.05) is 30.9 Å². The van der Waals surface area contributed by atoms with Crippen LogP contribution in [0.3, 0.4) is 0 Å². The highest BCUT2D eigenvalue weighted by Crippen LogP contribution is 2.25. The van der Waals surface area contributed by atoms with Gasteiger partial charge in [0.15, 0.2) is 5.58 Å². The van der Waals surface area contributed by atoms with Crippen molar-refractivity contribution in [2.75, 3.05) is 11.1 Å². The summed E-state index contributed by atoms with van der Waals surface area (Å²) in [6.07, 6.45) is 0. The maximum atomic E-state index is 11.2. The molecule has 0 saturated carbocycles. The van der Waals surface area contributed by atoms with Crippen LogP contribution in [0.1, 0.15) is 17.0 Å². The Morgan fingerprint density at radius 1 is 1.43 bits per heavy atom. The average molecular weight is 287 g/mol. The van der Waals surface area contributed by atoms with E-state index in [2.05, 4.69) is 15.4 Å². The Labute approximate surface area is 120 Å². The fourth-order valence-corrected chi connectivity index (χ4v) is 2.42. The first-order chi connectivity index (χ1) is 9.95. The topological polar surface area (TPSA) is 102 Å². The van der Waals surface area contributed by atoms with Gasteiger partial charge >= 0.3 is 5.76 Å². The summed E-state index contributed by atoms with van der Waals surface area (Å²) in [7, 11) is 1.92. The van der Waals surface area contributed by atoms with Crippen molar-refractivity contribution in [2.24, 2.45) is 7.05 Å². The van der Waals surface area contributed by atoms with Gasteiger partial charge in [-0.1, -0.05) is 0 Å². The Morgan fingerprint density at radius 3 is 2.86 bits per heavy atom. The number of hydrogen-bond acceptors (Lipinski definition) is 5. The Morgan fingerprint density at radius 2 is 2.19 bits per heavy atom. The van der Waals surface area contributed by atoms with Gasteiger partial charge in [0.05, 0.1) is 22.6 Å². The lowest BCUT2D eigenvalue weighted by Crippen LogP contribution is -2.04. The number of H-pyrrole nitrogens is 1. The molecule has 0 radical (unpaired) electrons. The minimum absolute atomic E-state index is 0.455. The van der Waals surface area contributed by atoms with Crippen molar-refractivity contribution in [2.45, 2.75) is 20.4 Å². The molecule has 0 saturated heterocycles. The quantitative estimate of drug-likeness (QED) is 0.636. The first-order valence-electron chi connectivity index (χ1n) is 6.61. The summed E-state index contributed by atoms with van der Waals surface area (Å²) >= 11 is 0.